The molecular formula is C15H25N3O3S. The van der Waals surface area contributed by atoms with Crippen molar-refractivity contribution < 1.29 is 14.4 Å². The minimum absolute atomic E-state index is 0.0309. The van der Waals surface area contributed by atoms with Crippen molar-refractivity contribution in [2.45, 2.75) is 45.7 Å². The van der Waals surface area contributed by atoms with Crippen LogP contribution in [0.25, 0.3) is 0 Å². The molecule has 0 aliphatic carbocycles. The van der Waals surface area contributed by atoms with E-state index < -0.39 is 6.04 Å². The van der Waals surface area contributed by atoms with Gasteiger partial charge in [-0.15, -0.1) is 11.8 Å². The Hall–Kier alpha value is -1.24. The van der Waals surface area contributed by atoms with Crippen molar-refractivity contribution in [3.8, 4) is 0 Å². The molecule has 2 aliphatic heterocycles. The summed E-state index contributed by atoms with van der Waals surface area (Å²) in [6, 6.07) is -0.428. The molecule has 2 aliphatic rings. The summed E-state index contributed by atoms with van der Waals surface area (Å²) >= 11 is 1.58. The highest BCUT2D eigenvalue weighted by molar-refractivity contribution is 7.99. The number of carbonyl (C=O) groups is 3. The molecule has 0 spiro atoms. The molecule has 2 fully saturated rings. The molecule has 0 radical (unpaired) electrons. The molecule has 0 saturated carbocycles. The molecule has 7 heteroatoms. The zero-order valence-electron chi connectivity index (χ0n) is 13.7. The third-order valence-corrected chi connectivity index (χ3v) is 4.92. The number of carbonyl (C=O) groups excluding carboxylic acids is 3. The zero-order valence-corrected chi connectivity index (χ0v) is 14.5. The third kappa shape index (κ3) is 3.74. The normalized spacial score (nSPS) is 25.7. The predicted molar refractivity (Wildman–Crippen MR) is 86.2 cm³/mol. The van der Waals surface area contributed by atoms with Crippen molar-refractivity contribution in [3.63, 3.8) is 0 Å². The number of nitrogens with one attached hydrogen (secondary N) is 1. The van der Waals surface area contributed by atoms with Gasteiger partial charge in [0, 0.05) is 30.8 Å². The number of likely N-dealkylation sites (tertiary alicyclic amines) is 1. The minimum atomic E-state index is -0.428. The molecule has 0 bridgehead atoms. The quantitative estimate of drug-likeness (QED) is 0.827. The van der Waals surface area contributed by atoms with Gasteiger partial charge in [-0.2, -0.15) is 0 Å². The van der Waals surface area contributed by atoms with Crippen LogP contribution in [0.3, 0.4) is 0 Å². The van der Waals surface area contributed by atoms with Gasteiger partial charge in [-0.05, 0) is 27.7 Å². The lowest BCUT2D eigenvalue weighted by Crippen LogP contribution is -2.53. The van der Waals surface area contributed by atoms with Gasteiger partial charge in [-0.25, -0.2) is 0 Å². The fourth-order valence-electron chi connectivity index (χ4n) is 2.81. The maximum absolute atomic E-state index is 12.7. The van der Waals surface area contributed by atoms with E-state index in [-0.39, 0.29) is 35.6 Å². The first-order valence-electron chi connectivity index (χ1n) is 7.71. The van der Waals surface area contributed by atoms with Crippen LogP contribution in [-0.4, -0.2) is 63.8 Å². The molecular weight excluding hydrogens is 302 g/mol. The largest absolute Gasteiger partial charge is 0.350 e. The third-order valence-electron chi connectivity index (χ3n) is 3.91. The summed E-state index contributed by atoms with van der Waals surface area (Å²) < 4.78 is 0. The van der Waals surface area contributed by atoms with Crippen LogP contribution in [-0.2, 0) is 14.4 Å². The fraction of sp³-hybridized carbons (Fsp3) is 0.800. The number of thioether (sulfide) groups is 1. The topological polar surface area (TPSA) is 69.7 Å². The van der Waals surface area contributed by atoms with E-state index in [1.54, 1.807) is 21.6 Å². The molecule has 2 atom stereocenters. The van der Waals surface area contributed by atoms with Gasteiger partial charge < -0.3 is 15.1 Å². The highest BCUT2D eigenvalue weighted by Gasteiger charge is 2.42. The Bertz CT molecular complexity index is 475. The lowest BCUT2D eigenvalue weighted by atomic mass is 10.1. The van der Waals surface area contributed by atoms with Crippen LogP contribution in [0.1, 0.15) is 34.1 Å². The molecule has 6 nitrogen and oxygen atoms in total. The second kappa shape index (κ2) is 6.48. The highest BCUT2D eigenvalue weighted by Crippen LogP contribution is 2.27. The van der Waals surface area contributed by atoms with Crippen molar-refractivity contribution >= 4 is 29.5 Å². The summed E-state index contributed by atoms with van der Waals surface area (Å²) in [5, 5.41) is 2.94. The Labute approximate surface area is 136 Å². The summed E-state index contributed by atoms with van der Waals surface area (Å²) in [5.41, 5.74) is -0.318. The van der Waals surface area contributed by atoms with E-state index in [1.807, 2.05) is 27.7 Å². The summed E-state index contributed by atoms with van der Waals surface area (Å²) in [4.78, 5) is 40.2. The maximum Gasteiger partial charge on any atom is 0.244 e. The first-order valence-corrected chi connectivity index (χ1v) is 8.86. The zero-order chi connectivity index (χ0) is 16.5. The number of amides is 3. The van der Waals surface area contributed by atoms with Crippen LogP contribution in [0.4, 0.5) is 0 Å². The molecule has 2 saturated heterocycles. The highest BCUT2D eigenvalue weighted by atomic mass is 32.2. The molecule has 22 heavy (non-hydrogen) atoms. The van der Waals surface area contributed by atoms with E-state index in [1.165, 1.54) is 0 Å². The summed E-state index contributed by atoms with van der Waals surface area (Å²) in [5.74, 6) is 0.689. The first kappa shape index (κ1) is 17.1. The minimum Gasteiger partial charge on any atom is -0.350 e. The van der Waals surface area contributed by atoms with Crippen molar-refractivity contribution in [1.29, 1.82) is 0 Å². The Balaban J connectivity index is 2.03. The molecule has 3 amide bonds. The van der Waals surface area contributed by atoms with Crippen molar-refractivity contribution in [3.05, 3.63) is 0 Å². The average molecular weight is 327 g/mol. The van der Waals surface area contributed by atoms with Crippen LogP contribution >= 0.6 is 11.8 Å². The lowest BCUT2D eigenvalue weighted by Gasteiger charge is -2.29. The number of hydrogen-bond donors (Lipinski definition) is 1. The Kier molecular flexibility index (Phi) is 5.04. The van der Waals surface area contributed by atoms with Crippen molar-refractivity contribution in [2.75, 3.05) is 24.7 Å². The molecule has 1 N–H and O–H groups in total. The van der Waals surface area contributed by atoms with Gasteiger partial charge in [0.25, 0.3) is 0 Å². The monoisotopic (exact) mass is 327 g/mol. The second-order valence-electron chi connectivity index (χ2n) is 6.90. The summed E-state index contributed by atoms with van der Waals surface area (Å²) in [6.07, 6.45) is 0.265. The van der Waals surface area contributed by atoms with E-state index in [9.17, 15) is 14.4 Å². The maximum atomic E-state index is 12.7. The lowest BCUT2D eigenvalue weighted by molar-refractivity contribution is -0.141. The molecule has 0 aromatic carbocycles. The number of nitrogens with zero attached hydrogens (tertiary/aromatic N) is 2. The van der Waals surface area contributed by atoms with Gasteiger partial charge in [0.05, 0.1) is 11.8 Å². The van der Waals surface area contributed by atoms with Gasteiger partial charge in [-0.3, -0.25) is 14.4 Å². The predicted octanol–water partition coefficient (Wildman–Crippen LogP) is 0.671. The molecule has 2 heterocycles. The van der Waals surface area contributed by atoms with Crippen molar-refractivity contribution in [2.24, 2.45) is 5.92 Å². The van der Waals surface area contributed by atoms with E-state index >= 15 is 0 Å². The first-order chi connectivity index (χ1) is 10.2. The molecule has 0 aromatic rings. The summed E-state index contributed by atoms with van der Waals surface area (Å²) in [6.45, 7) is 8.79. The Morgan fingerprint density at radius 1 is 1.36 bits per heavy atom. The van der Waals surface area contributed by atoms with Crippen LogP contribution in [0.2, 0.25) is 0 Å². The molecule has 0 unspecified atom stereocenters. The van der Waals surface area contributed by atoms with E-state index in [2.05, 4.69) is 5.32 Å². The Morgan fingerprint density at radius 2 is 2.05 bits per heavy atom. The SMILES string of the molecule is CCN1C[C@H](C(=O)N2CSC[C@@H]2C(=O)NC(C)(C)C)CC1=O. The van der Waals surface area contributed by atoms with Crippen LogP contribution < -0.4 is 5.32 Å². The van der Waals surface area contributed by atoms with Gasteiger partial charge in [0.1, 0.15) is 6.04 Å². The molecule has 2 rings (SSSR count). The second-order valence-corrected chi connectivity index (χ2v) is 7.90. The number of hydrogen-bond acceptors (Lipinski definition) is 4. The number of rotatable bonds is 3. The smallest absolute Gasteiger partial charge is 0.244 e. The van der Waals surface area contributed by atoms with Crippen LogP contribution in [0.5, 0.6) is 0 Å². The fourth-order valence-corrected chi connectivity index (χ4v) is 3.97. The van der Waals surface area contributed by atoms with Gasteiger partial charge in [0.2, 0.25) is 17.7 Å². The van der Waals surface area contributed by atoms with E-state index in [0.717, 1.165) is 0 Å². The van der Waals surface area contributed by atoms with E-state index in [4.69, 9.17) is 0 Å². The molecule has 124 valence electrons. The van der Waals surface area contributed by atoms with Gasteiger partial charge >= 0.3 is 0 Å². The summed E-state index contributed by atoms with van der Waals surface area (Å²) in [7, 11) is 0. The van der Waals surface area contributed by atoms with Crippen molar-refractivity contribution in [1.82, 2.24) is 15.1 Å². The van der Waals surface area contributed by atoms with Crippen LogP contribution in [0.15, 0.2) is 0 Å². The van der Waals surface area contributed by atoms with Gasteiger partial charge in [0.15, 0.2) is 0 Å². The van der Waals surface area contributed by atoms with Gasteiger partial charge in [-0.1, -0.05) is 0 Å². The van der Waals surface area contributed by atoms with Crippen LogP contribution in [0, 0.1) is 5.92 Å². The molecule has 0 aromatic heterocycles. The van der Waals surface area contributed by atoms with E-state index in [0.29, 0.717) is 24.7 Å². The standard InChI is InChI=1S/C15H25N3O3S/c1-5-17-7-10(6-12(17)19)14(21)18-9-22-8-11(18)13(20)16-15(2,3)4/h10-11H,5-9H2,1-4H3,(H,16,20)/t10-,11-/m1/s1. The average Bonchev–Trinajstić information content (AvgIpc) is 3.02. The Morgan fingerprint density at radius 3 is 2.59 bits per heavy atom.